The zero-order chi connectivity index (χ0) is 21.2. The summed E-state index contributed by atoms with van der Waals surface area (Å²) in [5, 5.41) is 14.3. The monoisotopic (exact) mass is 528 g/mol. The summed E-state index contributed by atoms with van der Waals surface area (Å²) < 4.78 is 1.09. The lowest BCUT2D eigenvalue weighted by molar-refractivity contribution is 0.0953. The van der Waals surface area contributed by atoms with Crippen LogP contribution < -0.4 is 16.0 Å². The fourth-order valence-electron chi connectivity index (χ4n) is 4.12. The molecule has 10 heteroatoms. The molecule has 1 aromatic carbocycles. The van der Waals surface area contributed by atoms with Crippen molar-refractivity contribution in [3.05, 3.63) is 46.4 Å². The number of carbonyl (C=O) groups excluding carboxylic acids is 1. The van der Waals surface area contributed by atoms with Crippen molar-refractivity contribution in [3.8, 4) is 5.03 Å². The minimum atomic E-state index is -0.413. The Labute approximate surface area is 214 Å². The first-order valence-electron chi connectivity index (χ1n) is 11.0. The van der Waals surface area contributed by atoms with E-state index in [0.29, 0.717) is 17.0 Å². The second-order valence-corrected chi connectivity index (χ2v) is 10.5. The fourth-order valence-corrected chi connectivity index (χ4v) is 6.31. The predicted molar refractivity (Wildman–Crippen MR) is 142 cm³/mol. The highest BCUT2D eigenvalue weighted by atomic mass is 35.5. The van der Waals surface area contributed by atoms with Crippen LogP contribution in [0.2, 0.25) is 5.02 Å². The highest BCUT2D eigenvalue weighted by Crippen LogP contribution is 2.43. The molecule has 2 aromatic heterocycles. The number of nitrogens with zero attached hydrogens (tertiary/aromatic N) is 2. The van der Waals surface area contributed by atoms with Gasteiger partial charge in [0, 0.05) is 29.1 Å². The maximum absolute atomic E-state index is 12.7. The van der Waals surface area contributed by atoms with Crippen LogP contribution in [-0.2, 0) is 0 Å². The van der Waals surface area contributed by atoms with E-state index in [1.54, 1.807) is 6.20 Å². The number of anilines is 1. The van der Waals surface area contributed by atoms with E-state index in [1.165, 1.54) is 12.8 Å². The van der Waals surface area contributed by atoms with Gasteiger partial charge in [-0.3, -0.25) is 4.79 Å². The molecule has 5 rings (SSSR count). The van der Waals surface area contributed by atoms with Gasteiger partial charge >= 0.3 is 0 Å². The summed E-state index contributed by atoms with van der Waals surface area (Å²) in [6.45, 7) is 3.08. The molecule has 0 spiro atoms. The van der Waals surface area contributed by atoms with E-state index in [2.05, 4.69) is 32.4 Å². The predicted octanol–water partition coefficient (Wildman–Crippen LogP) is 5.56. The van der Waals surface area contributed by atoms with E-state index >= 15 is 0 Å². The van der Waals surface area contributed by atoms with Crippen molar-refractivity contribution in [1.29, 1.82) is 0 Å². The van der Waals surface area contributed by atoms with Crippen LogP contribution in [0.4, 0.5) is 5.95 Å². The smallest absolute Gasteiger partial charge is 0.295 e. The molecule has 3 heterocycles. The summed E-state index contributed by atoms with van der Waals surface area (Å²) in [6, 6.07) is 8.27. The standard InChI is InChI=1S/C23H26ClN5OS.2ClH/c24-19-14-27-23(26-12-8-15-6-10-25-11-7-15)29-22(19)31-13-9-17-18(2-1-3-20(17)31)21(30)28-16-4-5-16;;/h1-3,9,13-16,25H,4-8,10-12H2,(H-,26,27,28,29,30);2*1H/p+1. The van der Waals surface area contributed by atoms with Crippen molar-refractivity contribution in [1.82, 2.24) is 20.6 Å². The first-order valence-corrected chi connectivity index (χ1v) is 12.7. The quantitative estimate of drug-likeness (QED) is 0.349. The van der Waals surface area contributed by atoms with Crippen molar-refractivity contribution in [2.45, 2.75) is 38.1 Å². The van der Waals surface area contributed by atoms with Gasteiger partial charge in [0.2, 0.25) is 5.95 Å². The van der Waals surface area contributed by atoms with Gasteiger partial charge in [-0.15, -0.1) is 24.8 Å². The second-order valence-electron chi connectivity index (χ2n) is 8.36. The Bertz CT molecular complexity index is 1100. The molecular weight excluding hydrogens is 501 g/mol. The van der Waals surface area contributed by atoms with Gasteiger partial charge in [-0.25, -0.2) is 4.98 Å². The van der Waals surface area contributed by atoms with Crippen molar-refractivity contribution >= 4 is 68.8 Å². The Morgan fingerprint density at radius 2 is 1.94 bits per heavy atom. The van der Waals surface area contributed by atoms with Gasteiger partial charge in [0.15, 0.2) is 4.70 Å². The number of piperidine rings is 1. The van der Waals surface area contributed by atoms with Crippen LogP contribution >= 0.6 is 46.9 Å². The molecule has 1 unspecified atom stereocenters. The van der Waals surface area contributed by atoms with Gasteiger partial charge in [0.05, 0.1) is 17.1 Å². The Balaban J connectivity index is 0.00000153. The number of nitrogens with one attached hydrogen (secondary N) is 3. The molecule has 1 amide bonds. The molecule has 1 saturated carbocycles. The van der Waals surface area contributed by atoms with E-state index in [0.717, 1.165) is 65.5 Å². The first-order chi connectivity index (χ1) is 15.2. The summed E-state index contributed by atoms with van der Waals surface area (Å²) in [4.78, 5) is 21.8. The molecule has 2 fully saturated rings. The third kappa shape index (κ3) is 6.08. The molecule has 1 aliphatic carbocycles. The van der Waals surface area contributed by atoms with E-state index < -0.39 is 10.5 Å². The largest absolute Gasteiger partial charge is 0.354 e. The highest BCUT2D eigenvalue weighted by molar-refractivity contribution is 7.43. The van der Waals surface area contributed by atoms with Gasteiger partial charge in [0.25, 0.3) is 10.9 Å². The van der Waals surface area contributed by atoms with Crippen molar-refractivity contribution < 1.29 is 4.79 Å². The minimum Gasteiger partial charge on any atom is -0.354 e. The molecule has 0 radical (unpaired) electrons. The van der Waals surface area contributed by atoms with Gasteiger partial charge in [0.1, 0.15) is 10.4 Å². The fraction of sp³-hybridized carbons (Fsp3) is 0.435. The molecular formula is C23H29Cl3N5OS+. The number of thiophene rings is 1. The Kier molecular flexibility index (Phi) is 9.18. The Morgan fingerprint density at radius 1 is 1.15 bits per heavy atom. The van der Waals surface area contributed by atoms with Crippen LogP contribution in [0.5, 0.6) is 0 Å². The molecule has 1 saturated heterocycles. The number of benzene rings is 1. The topological polar surface area (TPSA) is 78.9 Å². The zero-order valence-electron chi connectivity index (χ0n) is 18.2. The van der Waals surface area contributed by atoms with Crippen LogP contribution in [-0.4, -0.2) is 41.6 Å². The SMILES string of the molecule is Cl.Cl.O=C(NC1CC1)c1cccc2c1cc[s+]2-c1nc(NCCC2CCNCC2)ncc1Cl. The summed E-state index contributed by atoms with van der Waals surface area (Å²) in [5.74, 6) is 1.38. The van der Waals surface area contributed by atoms with Crippen LogP contribution in [0.1, 0.15) is 42.5 Å². The number of halogens is 3. The molecule has 33 heavy (non-hydrogen) atoms. The summed E-state index contributed by atoms with van der Waals surface area (Å²) >= 11 is 6.51. The Hall–Kier alpha value is -1.64. The summed E-state index contributed by atoms with van der Waals surface area (Å²) in [5.41, 5.74) is 0.723. The summed E-state index contributed by atoms with van der Waals surface area (Å²) in [6.07, 6.45) is 7.41. The number of fused-ring (bicyclic) bond motifs is 1. The van der Waals surface area contributed by atoms with Crippen LogP contribution in [0.3, 0.4) is 0 Å². The van der Waals surface area contributed by atoms with E-state index in [4.69, 9.17) is 16.6 Å². The lowest BCUT2D eigenvalue weighted by Crippen LogP contribution is -2.28. The average molecular weight is 530 g/mol. The van der Waals surface area contributed by atoms with Crippen molar-refractivity contribution in [3.63, 3.8) is 0 Å². The average Bonchev–Trinajstić information content (AvgIpc) is 3.50. The van der Waals surface area contributed by atoms with E-state index in [-0.39, 0.29) is 30.7 Å². The van der Waals surface area contributed by atoms with Gasteiger partial charge < -0.3 is 16.0 Å². The third-order valence-electron chi connectivity index (χ3n) is 6.05. The number of hydrogen-bond donors (Lipinski definition) is 3. The van der Waals surface area contributed by atoms with Gasteiger partial charge in [-0.05, 0) is 63.2 Å². The van der Waals surface area contributed by atoms with E-state index in [9.17, 15) is 4.79 Å². The number of carbonyl (C=O) groups is 1. The molecule has 3 aromatic rings. The molecule has 178 valence electrons. The van der Waals surface area contributed by atoms with Crippen LogP contribution in [0.15, 0.2) is 35.8 Å². The molecule has 6 nitrogen and oxygen atoms in total. The van der Waals surface area contributed by atoms with Gasteiger partial charge in [-0.1, -0.05) is 17.7 Å². The normalized spacial score (nSPS) is 16.6. The maximum atomic E-state index is 12.7. The van der Waals surface area contributed by atoms with Crippen LogP contribution in [0, 0.1) is 5.92 Å². The molecule has 3 N–H and O–H groups in total. The number of amides is 1. The van der Waals surface area contributed by atoms with Crippen molar-refractivity contribution in [2.75, 3.05) is 25.0 Å². The molecule has 2 aliphatic rings. The Morgan fingerprint density at radius 3 is 2.70 bits per heavy atom. The van der Waals surface area contributed by atoms with Crippen molar-refractivity contribution in [2.24, 2.45) is 5.92 Å². The highest BCUT2D eigenvalue weighted by Gasteiger charge is 2.27. The molecule has 1 aliphatic heterocycles. The molecule has 0 bridgehead atoms. The lowest BCUT2D eigenvalue weighted by atomic mass is 9.95. The maximum Gasteiger partial charge on any atom is 0.295 e. The first kappa shape index (κ1) is 26.0. The lowest BCUT2D eigenvalue weighted by Gasteiger charge is -2.22. The minimum absolute atomic E-state index is 0. The van der Waals surface area contributed by atoms with Crippen LogP contribution in [0.25, 0.3) is 15.1 Å². The van der Waals surface area contributed by atoms with Gasteiger partial charge in [-0.2, -0.15) is 4.98 Å². The third-order valence-corrected chi connectivity index (χ3v) is 8.40. The zero-order valence-corrected chi connectivity index (χ0v) is 21.4. The second kappa shape index (κ2) is 11.7. The van der Waals surface area contributed by atoms with E-state index in [1.807, 2.05) is 18.2 Å². The number of rotatable bonds is 7. The number of hydrogen-bond acceptors (Lipinski definition) is 5. The molecule has 1 atom stereocenters. The summed E-state index contributed by atoms with van der Waals surface area (Å²) in [7, 11) is -0.413. The number of aromatic nitrogens is 2.